The molecule has 21 heavy (non-hydrogen) atoms. The lowest BCUT2D eigenvalue weighted by atomic mass is 10.1. The van der Waals surface area contributed by atoms with Crippen LogP contribution in [-0.2, 0) is 6.54 Å². The first kappa shape index (κ1) is 14.8. The molecule has 0 aliphatic heterocycles. The lowest BCUT2D eigenvalue weighted by Crippen LogP contribution is -2.22. The highest BCUT2D eigenvalue weighted by Gasteiger charge is 2.12. The van der Waals surface area contributed by atoms with Crippen LogP contribution in [0, 0.1) is 12.7 Å². The van der Waals surface area contributed by atoms with Crippen LogP contribution >= 0.6 is 0 Å². The second-order valence-electron chi connectivity index (χ2n) is 4.99. The number of amidine groups is 1. The van der Waals surface area contributed by atoms with Gasteiger partial charge in [-0.3, -0.25) is 0 Å². The third-order valence-electron chi connectivity index (χ3n) is 3.28. The van der Waals surface area contributed by atoms with E-state index >= 15 is 0 Å². The van der Waals surface area contributed by atoms with E-state index in [2.05, 4.69) is 5.16 Å². The second-order valence-corrected chi connectivity index (χ2v) is 4.99. The third-order valence-corrected chi connectivity index (χ3v) is 3.28. The maximum atomic E-state index is 12.9. The van der Waals surface area contributed by atoms with Gasteiger partial charge >= 0.3 is 0 Å². The van der Waals surface area contributed by atoms with Crippen molar-refractivity contribution in [2.24, 2.45) is 10.9 Å². The van der Waals surface area contributed by atoms with Gasteiger partial charge in [0.15, 0.2) is 5.84 Å². The first-order valence-corrected chi connectivity index (χ1v) is 6.55. The zero-order valence-electron chi connectivity index (χ0n) is 12.0. The van der Waals surface area contributed by atoms with E-state index in [1.54, 1.807) is 12.1 Å². The summed E-state index contributed by atoms with van der Waals surface area (Å²) in [5, 5.41) is 12.0. The Bertz CT molecular complexity index is 653. The van der Waals surface area contributed by atoms with Crippen LogP contribution in [0.4, 0.5) is 10.1 Å². The van der Waals surface area contributed by atoms with Gasteiger partial charge in [-0.15, -0.1) is 0 Å². The molecule has 5 heteroatoms. The average Bonchev–Trinajstić information content (AvgIpc) is 2.48. The van der Waals surface area contributed by atoms with E-state index in [1.165, 1.54) is 12.1 Å². The number of aryl methyl sites for hydroxylation is 1. The Labute approximate surface area is 123 Å². The van der Waals surface area contributed by atoms with Gasteiger partial charge in [-0.1, -0.05) is 28.9 Å². The van der Waals surface area contributed by atoms with Crippen molar-refractivity contribution in [1.29, 1.82) is 0 Å². The summed E-state index contributed by atoms with van der Waals surface area (Å²) in [6.07, 6.45) is 0. The van der Waals surface area contributed by atoms with E-state index < -0.39 is 0 Å². The Morgan fingerprint density at radius 3 is 2.52 bits per heavy atom. The predicted molar refractivity (Wildman–Crippen MR) is 82.2 cm³/mol. The van der Waals surface area contributed by atoms with E-state index in [1.807, 2.05) is 37.1 Å². The Morgan fingerprint density at radius 1 is 1.24 bits per heavy atom. The van der Waals surface area contributed by atoms with E-state index in [4.69, 9.17) is 10.9 Å². The van der Waals surface area contributed by atoms with Gasteiger partial charge in [0, 0.05) is 24.8 Å². The summed E-state index contributed by atoms with van der Waals surface area (Å²) < 4.78 is 12.9. The summed E-state index contributed by atoms with van der Waals surface area (Å²) >= 11 is 0. The molecule has 110 valence electrons. The highest BCUT2D eigenvalue weighted by Crippen LogP contribution is 2.22. The van der Waals surface area contributed by atoms with Crippen molar-refractivity contribution in [2.45, 2.75) is 13.5 Å². The van der Waals surface area contributed by atoms with E-state index in [0.29, 0.717) is 12.1 Å². The normalized spacial score (nSPS) is 11.5. The molecule has 0 heterocycles. The summed E-state index contributed by atoms with van der Waals surface area (Å²) in [4.78, 5) is 1.97. The molecule has 3 N–H and O–H groups in total. The molecular weight excluding hydrogens is 269 g/mol. The van der Waals surface area contributed by atoms with E-state index in [-0.39, 0.29) is 11.7 Å². The summed E-state index contributed by atoms with van der Waals surface area (Å²) in [5.41, 5.74) is 9.26. The van der Waals surface area contributed by atoms with Crippen LogP contribution in [0.2, 0.25) is 0 Å². The van der Waals surface area contributed by atoms with Gasteiger partial charge in [0.2, 0.25) is 0 Å². The number of nitrogens with zero attached hydrogens (tertiary/aromatic N) is 2. The number of anilines is 1. The minimum atomic E-state index is -0.255. The van der Waals surface area contributed by atoms with Crippen molar-refractivity contribution < 1.29 is 9.60 Å². The van der Waals surface area contributed by atoms with E-state index in [0.717, 1.165) is 16.8 Å². The van der Waals surface area contributed by atoms with Gasteiger partial charge in [-0.2, -0.15) is 0 Å². The number of hydrogen-bond acceptors (Lipinski definition) is 3. The quantitative estimate of drug-likeness (QED) is 0.393. The van der Waals surface area contributed by atoms with Crippen molar-refractivity contribution in [1.82, 2.24) is 0 Å². The molecule has 0 saturated carbocycles. The highest BCUT2D eigenvalue weighted by atomic mass is 19.1. The average molecular weight is 287 g/mol. The molecule has 2 rings (SSSR count). The number of halogens is 1. The maximum absolute atomic E-state index is 12.9. The molecular formula is C16H18FN3O. The van der Waals surface area contributed by atoms with Gasteiger partial charge < -0.3 is 15.8 Å². The summed E-state index contributed by atoms with van der Waals surface area (Å²) in [6.45, 7) is 2.53. The summed E-state index contributed by atoms with van der Waals surface area (Å²) in [7, 11) is 1.90. The Kier molecular flexibility index (Phi) is 4.42. The molecule has 4 nitrogen and oxygen atoms in total. The van der Waals surface area contributed by atoms with Gasteiger partial charge in [0.25, 0.3) is 0 Å². The van der Waals surface area contributed by atoms with Crippen LogP contribution in [0.15, 0.2) is 47.6 Å². The zero-order chi connectivity index (χ0) is 15.4. The predicted octanol–water partition coefficient (Wildman–Crippen LogP) is 2.87. The molecule has 0 aliphatic carbocycles. The Hall–Kier alpha value is -2.56. The zero-order valence-corrected chi connectivity index (χ0v) is 12.0. The molecule has 0 saturated heterocycles. The van der Waals surface area contributed by atoms with Crippen LogP contribution in [0.25, 0.3) is 0 Å². The first-order chi connectivity index (χ1) is 10.0. The van der Waals surface area contributed by atoms with Crippen molar-refractivity contribution in [3.8, 4) is 0 Å². The summed E-state index contributed by atoms with van der Waals surface area (Å²) in [5.74, 6) is -0.186. The lowest BCUT2D eigenvalue weighted by molar-refractivity contribution is 0.318. The number of nitrogens with two attached hydrogens (primary N) is 1. The summed E-state index contributed by atoms with van der Waals surface area (Å²) in [6, 6.07) is 12.1. The topological polar surface area (TPSA) is 61.8 Å². The smallest absolute Gasteiger partial charge is 0.172 e. The van der Waals surface area contributed by atoms with Crippen LogP contribution in [0.1, 0.15) is 16.7 Å². The molecule has 0 unspecified atom stereocenters. The monoisotopic (exact) mass is 287 g/mol. The van der Waals surface area contributed by atoms with Crippen molar-refractivity contribution in [3.05, 3.63) is 65.0 Å². The molecule has 0 bridgehead atoms. The minimum Gasteiger partial charge on any atom is -0.409 e. The second kappa shape index (κ2) is 6.26. The minimum absolute atomic E-state index is 0.0691. The fraction of sp³-hybridized carbons (Fsp3) is 0.188. The molecule has 0 atom stereocenters. The molecule has 0 radical (unpaired) electrons. The third kappa shape index (κ3) is 3.51. The number of benzene rings is 2. The SMILES string of the molecule is Cc1ccc(N(C)Cc2ccc(F)cc2)c(/C(N)=N/O)c1. The van der Waals surface area contributed by atoms with Crippen molar-refractivity contribution >= 4 is 11.5 Å². The largest absolute Gasteiger partial charge is 0.409 e. The molecule has 2 aromatic rings. The molecule has 0 spiro atoms. The highest BCUT2D eigenvalue weighted by molar-refractivity contribution is 6.02. The van der Waals surface area contributed by atoms with Gasteiger partial charge in [0.05, 0.1) is 0 Å². The Morgan fingerprint density at radius 2 is 1.90 bits per heavy atom. The number of rotatable bonds is 4. The van der Waals surface area contributed by atoms with Gasteiger partial charge in [0.1, 0.15) is 5.82 Å². The van der Waals surface area contributed by atoms with E-state index in [9.17, 15) is 4.39 Å². The fourth-order valence-corrected chi connectivity index (χ4v) is 2.19. The molecule has 0 amide bonds. The molecule has 2 aromatic carbocycles. The number of hydrogen-bond donors (Lipinski definition) is 2. The van der Waals surface area contributed by atoms with Crippen LogP contribution in [0.3, 0.4) is 0 Å². The van der Waals surface area contributed by atoms with Crippen molar-refractivity contribution in [3.63, 3.8) is 0 Å². The van der Waals surface area contributed by atoms with Crippen molar-refractivity contribution in [2.75, 3.05) is 11.9 Å². The van der Waals surface area contributed by atoms with Gasteiger partial charge in [-0.05, 0) is 36.8 Å². The molecule has 0 fully saturated rings. The van der Waals surface area contributed by atoms with Crippen LogP contribution in [0.5, 0.6) is 0 Å². The van der Waals surface area contributed by atoms with Crippen LogP contribution in [-0.4, -0.2) is 18.1 Å². The van der Waals surface area contributed by atoms with Crippen LogP contribution < -0.4 is 10.6 Å². The maximum Gasteiger partial charge on any atom is 0.172 e. The van der Waals surface area contributed by atoms with Gasteiger partial charge in [-0.25, -0.2) is 4.39 Å². The fourth-order valence-electron chi connectivity index (χ4n) is 2.19. The molecule has 0 aromatic heterocycles. The standard InChI is InChI=1S/C16H18FN3O/c1-11-3-8-15(14(9-11)16(18)19-21)20(2)10-12-4-6-13(17)7-5-12/h3-9,21H,10H2,1-2H3,(H2,18,19). The number of oxime groups is 1. The lowest BCUT2D eigenvalue weighted by Gasteiger charge is -2.22. The molecule has 0 aliphatic rings. The Balaban J connectivity index is 2.30. The first-order valence-electron chi connectivity index (χ1n) is 6.55.